The van der Waals surface area contributed by atoms with Crippen LogP contribution in [0.2, 0.25) is 0 Å². The van der Waals surface area contributed by atoms with Crippen molar-refractivity contribution in [3.8, 4) is 0 Å². The Balaban J connectivity index is 2.69. The van der Waals surface area contributed by atoms with E-state index >= 15 is 0 Å². The number of benzene rings is 1. The van der Waals surface area contributed by atoms with Crippen molar-refractivity contribution in [3.63, 3.8) is 0 Å². The highest BCUT2D eigenvalue weighted by Crippen LogP contribution is 2.34. The van der Waals surface area contributed by atoms with Crippen molar-refractivity contribution < 1.29 is 28.2 Å². The van der Waals surface area contributed by atoms with Crippen LogP contribution in [-0.4, -0.2) is 32.3 Å². The summed E-state index contributed by atoms with van der Waals surface area (Å²) in [6.45, 7) is 1.28. The number of aliphatic hydroxyl groups is 1. The minimum absolute atomic E-state index is 0.0352. The third-order valence-electron chi connectivity index (χ3n) is 3.18. The number of hydrogen-bond donors (Lipinski definition) is 2. The number of nitrogens with zero attached hydrogens (tertiary/aromatic N) is 2. The average Bonchev–Trinajstić information content (AvgIpc) is 2.77. The molecule has 0 aliphatic rings. The van der Waals surface area contributed by atoms with Crippen LogP contribution in [0.25, 0.3) is 11.0 Å². The van der Waals surface area contributed by atoms with Gasteiger partial charge in [0.05, 0.1) is 16.6 Å². The molecule has 5 nitrogen and oxygen atoms in total. The molecule has 0 aliphatic heterocycles. The second kappa shape index (κ2) is 5.36. The first-order chi connectivity index (χ1) is 9.75. The Morgan fingerprint density at radius 3 is 2.62 bits per heavy atom. The highest BCUT2D eigenvalue weighted by molar-refractivity contribution is 5.92. The Labute approximate surface area is 117 Å². The van der Waals surface area contributed by atoms with Gasteiger partial charge in [0.1, 0.15) is 0 Å². The van der Waals surface area contributed by atoms with Gasteiger partial charge in [-0.25, -0.2) is 9.78 Å². The molecule has 0 saturated carbocycles. The molecule has 2 N–H and O–H groups in total. The van der Waals surface area contributed by atoms with Crippen molar-refractivity contribution >= 4 is 17.0 Å². The van der Waals surface area contributed by atoms with Crippen LogP contribution in [0.4, 0.5) is 13.2 Å². The van der Waals surface area contributed by atoms with Gasteiger partial charge in [0.2, 0.25) is 5.82 Å². The molecule has 1 atom stereocenters. The number of imidazole rings is 1. The Kier molecular flexibility index (Phi) is 3.91. The minimum atomic E-state index is -4.66. The van der Waals surface area contributed by atoms with Crippen molar-refractivity contribution in [3.05, 3.63) is 29.6 Å². The first kappa shape index (κ1) is 15.3. The molecule has 2 rings (SSSR count). The van der Waals surface area contributed by atoms with E-state index in [1.807, 2.05) is 0 Å². The molecule has 1 aromatic carbocycles. The maximum Gasteiger partial charge on any atom is 0.449 e. The molecule has 1 heterocycles. The fourth-order valence-electron chi connectivity index (χ4n) is 2.19. The van der Waals surface area contributed by atoms with E-state index in [9.17, 15) is 18.0 Å². The third-order valence-corrected chi connectivity index (χ3v) is 3.18. The smallest absolute Gasteiger partial charge is 0.449 e. The van der Waals surface area contributed by atoms with E-state index in [0.717, 1.165) is 10.6 Å². The number of halogens is 3. The van der Waals surface area contributed by atoms with Gasteiger partial charge in [0, 0.05) is 12.6 Å². The second-order valence-electron chi connectivity index (χ2n) is 4.67. The molecule has 0 radical (unpaired) electrons. The van der Waals surface area contributed by atoms with E-state index in [4.69, 9.17) is 10.2 Å². The SMILES string of the molecule is CC(CCO)n1c(C(F)(F)F)nc2cc(C(=O)O)ccc21. The Hall–Kier alpha value is -2.09. The van der Waals surface area contributed by atoms with Gasteiger partial charge >= 0.3 is 12.1 Å². The van der Waals surface area contributed by atoms with E-state index in [1.54, 1.807) is 0 Å². The van der Waals surface area contributed by atoms with Crippen LogP contribution in [0.15, 0.2) is 18.2 Å². The molecule has 0 fully saturated rings. The first-order valence-electron chi connectivity index (χ1n) is 6.19. The number of carbonyl (C=O) groups is 1. The average molecular weight is 302 g/mol. The van der Waals surface area contributed by atoms with Crippen LogP contribution < -0.4 is 0 Å². The van der Waals surface area contributed by atoms with Gasteiger partial charge in [-0.1, -0.05) is 0 Å². The highest BCUT2D eigenvalue weighted by Gasteiger charge is 2.38. The summed E-state index contributed by atoms with van der Waals surface area (Å²) in [6.07, 6.45) is -4.53. The Morgan fingerprint density at radius 1 is 1.43 bits per heavy atom. The van der Waals surface area contributed by atoms with E-state index in [0.29, 0.717) is 0 Å². The summed E-state index contributed by atoms with van der Waals surface area (Å²) < 4.78 is 40.2. The van der Waals surface area contributed by atoms with Crippen molar-refractivity contribution in [1.29, 1.82) is 0 Å². The molecule has 21 heavy (non-hydrogen) atoms. The zero-order valence-corrected chi connectivity index (χ0v) is 11.1. The number of alkyl halides is 3. The number of carboxylic acids is 1. The second-order valence-corrected chi connectivity index (χ2v) is 4.67. The summed E-state index contributed by atoms with van der Waals surface area (Å²) in [5.41, 5.74) is 0.0241. The predicted octanol–water partition coefficient (Wildman–Crippen LogP) is 2.70. The zero-order valence-electron chi connectivity index (χ0n) is 11.1. The normalized spacial score (nSPS) is 13.6. The molecule has 114 valence electrons. The van der Waals surface area contributed by atoms with Gasteiger partial charge in [0.15, 0.2) is 0 Å². The first-order valence-corrected chi connectivity index (χ1v) is 6.19. The fraction of sp³-hybridized carbons (Fsp3) is 0.385. The standard InChI is InChI=1S/C13H13F3N2O3/c1-7(4-5-19)18-10-3-2-8(11(20)21)6-9(10)17-12(18)13(14,15)16/h2-3,6-7,19H,4-5H2,1H3,(H,20,21). The van der Waals surface area contributed by atoms with E-state index in [1.165, 1.54) is 19.1 Å². The molecule has 1 aromatic heterocycles. The molecular weight excluding hydrogens is 289 g/mol. The van der Waals surface area contributed by atoms with Crippen LogP contribution in [0.3, 0.4) is 0 Å². The summed E-state index contributed by atoms with van der Waals surface area (Å²) >= 11 is 0. The molecule has 2 aromatic rings. The van der Waals surface area contributed by atoms with E-state index in [2.05, 4.69) is 4.98 Å². The number of rotatable bonds is 4. The fourth-order valence-corrected chi connectivity index (χ4v) is 2.19. The zero-order chi connectivity index (χ0) is 15.8. The van der Waals surface area contributed by atoms with Crippen LogP contribution in [0, 0.1) is 0 Å². The summed E-state index contributed by atoms with van der Waals surface area (Å²) in [5.74, 6) is -2.33. The van der Waals surface area contributed by atoms with Gasteiger partial charge in [-0.3, -0.25) is 0 Å². The molecule has 0 saturated heterocycles. The molecule has 0 bridgehead atoms. The maximum atomic E-state index is 13.1. The summed E-state index contributed by atoms with van der Waals surface area (Å²) in [6, 6.07) is 3.02. The van der Waals surface area contributed by atoms with Crippen LogP contribution >= 0.6 is 0 Å². The van der Waals surface area contributed by atoms with Gasteiger partial charge in [-0.05, 0) is 31.5 Å². The number of aliphatic hydroxyl groups excluding tert-OH is 1. The number of carboxylic acid groups (broad SMARTS) is 1. The predicted molar refractivity (Wildman–Crippen MR) is 68.1 cm³/mol. The van der Waals surface area contributed by atoms with Gasteiger partial charge in [-0.2, -0.15) is 13.2 Å². The molecule has 0 spiro atoms. The molecule has 8 heteroatoms. The van der Waals surface area contributed by atoms with Gasteiger partial charge in [0.25, 0.3) is 0 Å². The lowest BCUT2D eigenvalue weighted by Crippen LogP contribution is -2.18. The molecular formula is C13H13F3N2O3. The molecule has 0 aliphatic carbocycles. The Morgan fingerprint density at radius 2 is 2.10 bits per heavy atom. The maximum absolute atomic E-state index is 13.1. The van der Waals surface area contributed by atoms with Crippen molar-refractivity contribution in [2.75, 3.05) is 6.61 Å². The van der Waals surface area contributed by atoms with E-state index in [-0.39, 0.29) is 29.6 Å². The van der Waals surface area contributed by atoms with Crippen LogP contribution in [0.1, 0.15) is 35.6 Å². The third kappa shape index (κ3) is 2.85. The number of fused-ring (bicyclic) bond motifs is 1. The Bertz CT molecular complexity index is 679. The van der Waals surface area contributed by atoms with Crippen molar-refractivity contribution in [2.24, 2.45) is 0 Å². The van der Waals surface area contributed by atoms with Crippen LogP contribution in [-0.2, 0) is 6.18 Å². The summed E-state index contributed by atoms with van der Waals surface area (Å²) in [7, 11) is 0. The van der Waals surface area contributed by atoms with Gasteiger partial charge in [-0.15, -0.1) is 0 Å². The highest BCUT2D eigenvalue weighted by atomic mass is 19.4. The minimum Gasteiger partial charge on any atom is -0.478 e. The van der Waals surface area contributed by atoms with E-state index < -0.39 is 24.0 Å². The lowest BCUT2D eigenvalue weighted by molar-refractivity contribution is -0.147. The summed E-state index contributed by atoms with van der Waals surface area (Å²) in [4.78, 5) is 14.4. The number of hydrogen-bond acceptors (Lipinski definition) is 3. The monoisotopic (exact) mass is 302 g/mol. The quantitative estimate of drug-likeness (QED) is 0.910. The van der Waals surface area contributed by atoms with Gasteiger partial charge < -0.3 is 14.8 Å². The molecule has 1 unspecified atom stereocenters. The van der Waals surface area contributed by atoms with Crippen molar-refractivity contribution in [2.45, 2.75) is 25.6 Å². The topological polar surface area (TPSA) is 75.3 Å². The van der Waals surface area contributed by atoms with Crippen LogP contribution in [0.5, 0.6) is 0 Å². The number of aromatic carboxylic acids is 1. The summed E-state index contributed by atoms with van der Waals surface area (Å²) in [5, 5.41) is 17.8. The number of aromatic nitrogens is 2. The molecule has 0 amide bonds. The largest absolute Gasteiger partial charge is 0.478 e. The van der Waals surface area contributed by atoms with Crippen molar-refractivity contribution in [1.82, 2.24) is 9.55 Å². The lowest BCUT2D eigenvalue weighted by atomic mass is 10.2. The lowest BCUT2D eigenvalue weighted by Gasteiger charge is -2.17.